The molecule has 5 aromatic rings. The van der Waals surface area contributed by atoms with Crippen LogP contribution in [0.15, 0.2) is 61.2 Å². The quantitative estimate of drug-likeness (QED) is 0.334. The molecule has 0 fully saturated rings. The molecule has 0 amide bonds. The Bertz CT molecular complexity index is 1660. The molecule has 4 heteroatoms. The van der Waals surface area contributed by atoms with Gasteiger partial charge in [0.15, 0.2) is 0 Å². The summed E-state index contributed by atoms with van der Waals surface area (Å²) < 4.78 is 0. The van der Waals surface area contributed by atoms with Crippen molar-refractivity contribution < 1.29 is 0 Å². The number of benzene rings is 1. The highest BCUT2D eigenvalue weighted by molar-refractivity contribution is 5.95. The number of H-pyrrole nitrogens is 4. The molecular weight excluding hydrogens is 368 g/mol. The Morgan fingerprint density at radius 2 is 1.27 bits per heavy atom. The minimum atomic E-state index is 1.03. The fourth-order valence-electron chi connectivity index (χ4n) is 4.17. The van der Waals surface area contributed by atoms with Crippen molar-refractivity contribution in [1.29, 1.82) is 0 Å². The zero-order valence-corrected chi connectivity index (χ0v) is 16.3. The van der Waals surface area contributed by atoms with Gasteiger partial charge in [-0.15, -0.1) is 0 Å². The largest absolute Gasteiger partial charge is 0.355 e. The number of nitrogens with one attached hydrogen (secondary N) is 4. The maximum Gasteiger partial charge on any atom is 0.0485 e. The van der Waals surface area contributed by atoms with E-state index in [0.717, 1.165) is 49.7 Å². The molecule has 5 heterocycles. The Balaban J connectivity index is 1.74. The number of hydrogen-bond donors (Lipinski definition) is 4. The fraction of sp³-hybridized carbons (Fsp3) is 0. The Labute approximate surface area is 172 Å². The molecule has 4 nitrogen and oxygen atoms in total. The molecule has 8 bridgehead atoms. The summed E-state index contributed by atoms with van der Waals surface area (Å²) >= 11 is 0. The molecule has 0 unspecified atom stereocenters. The summed E-state index contributed by atoms with van der Waals surface area (Å²) in [5.41, 5.74) is 5.32. The zero-order valence-electron chi connectivity index (χ0n) is 16.3. The van der Waals surface area contributed by atoms with Crippen LogP contribution >= 0.6 is 0 Å². The summed E-state index contributed by atoms with van der Waals surface area (Å²) in [5.74, 6) is 0. The van der Waals surface area contributed by atoms with Crippen LogP contribution in [0.5, 0.6) is 0 Å². The van der Waals surface area contributed by atoms with E-state index in [-0.39, 0.29) is 0 Å². The van der Waals surface area contributed by atoms with E-state index in [1.807, 2.05) is 6.08 Å². The molecule has 4 aromatic heterocycles. The van der Waals surface area contributed by atoms with Crippen molar-refractivity contribution in [2.45, 2.75) is 0 Å². The molecule has 4 N–H and O–H groups in total. The monoisotopic (exact) mass is 388 g/mol. The van der Waals surface area contributed by atoms with Gasteiger partial charge in [0.05, 0.1) is 0 Å². The summed E-state index contributed by atoms with van der Waals surface area (Å²) in [7, 11) is 0. The molecule has 144 valence electrons. The van der Waals surface area contributed by atoms with Crippen LogP contribution in [0.2, 0.25) is 0 Å². The van der Waals surface area contributed by atoms with Crippen molar-refractivity contribution in [2.75, 3.05) is 0 Å². The predicted octanol–water partition coefficient (Wildman–Crippen LogP) is 2.42. The van der Waals surface area contributed by atoms with E-state index in [1.54, 1.807) is 0 Å². The predicted molar refractivity (Wildman–Crippen MR) is 124 cm³/mol. The fourth-order valence-corrected chi connectivity index (χ4v) is 4.17. The van der Waals surface area contributed by atoms with E-state index < -0.39 is 0 Å². The SMILES string of the molecule is C=Cc1cc2[nH]c1=Cc1[nH]c(c3ccccc13)C=c1ccc([nH]1)=Cc1ccc([nH]1)C=2. The summed E-state index contributed by atoms with van der Waals surface area (Å²) in [4.78, 5) is 14.1. The van der Waals surface area contributed by atoms with Crippen molar-refractivity contribution in [3.8, 4) is 0 Å². The minimum absolute atomic E-state index is 1.03. The van der Waals surface area contributed by atoms with E-state index in [0.29, 0.717) is 0 Å². The van der Waals surface area contributed by atoms with Gasteiger partial charge in [-0.1, -0.05) is 36.9 Å². The lowest BCUT2D eigenvalue weighted by atomic mass is 10.1. The molecule has 1 aromatic carbocycles. The smallest absolute Gasteiger partial charge is 0.0485 e. The number of rotatable bonds is 1. The van der Waals surface area contributed by atoms with Crippen LogP contribution in [0, 0.1) is 0 Å². The Morgan fingerprint density at radius 3 is 2.00 bits per heavy atom. The first kappa shape index (κ1) is 16.7. The number of fused-ring (bicyclic) bond motifs is 11. The second-order valence-electron chi connectivity index (χ2n) is 7.61. The highest BCUT2D eigenvalue weighted by Gasteiger charge is 2.07. The van der Waals surface area contributed by atoms with Gasteiger partial charge in [-0.05, 0) is 60.2 Å². The van der Waals surface area contributed by atoms with Gasteiger partial charge in [0.25, 0.3) is 0 Å². The van der Waals surface area contributed by atoms with E-state index in [1.165, 1.54) is 10.8 Å². The van der Waals surface area contributed by atoms with Crippen LogP contribution in [-0.4, -0.2) is 19.9 Å². The third-order valence-electron chi connectivity index (χ3n) is 5.57. The lowest BCUT2D eigenvalue weighted by Crippen LogP contribution is -2.11. The molecule has 0 aliphatic carbocycles. The molecule has 0 radical (unpaired) electrons. The molecule has 1 aliphatic rings. The van der Waals surface area contributed by atoms with Crippen molar-refractivity contribution in [1.82, 2.24) is 19.9 Å². The van der Waals surface area contributed by atoms with Gasteiger partial charge in [0, 0.05) is 54.9 Å². The van der Waals surface area contributed by atoms with Gasteiger partial charge in [-0.2, -0.15) is 0 Å². The average Bonchev–Trinajstić information content (AvgIpc) is 3.52. The molecule has 6 rings (SSSR count). The molecule has 1 aliphatic heterocycles. The maximum absolute atomic E-state index is 4.00. The maximum atomic E-state index is 4.00. The third kappa shape index (κ3) is 2.78. The molecule has 0 spiro atoms. The molecule has 0 atom stereocenters. The van der Waals surface area contributed by atoms with Crippen LogP contribution in [0.3, 0.4) is 0 Å². The number of hydrogen-bond acceptors (Lipinski definition) is 0. The second-order valence-corrected chi connectivity index (χ2v) is 7.61. The molecule has 0 saturated heterocycles. The first-order valence-electron chi connectivity index (χ1n) is 9.98. The summed E-state index contributed by atoms with van der Waals surface area (Å²) in [6.07, 6.45) is 10.4. The van der Waals surface area contributed by atoms with Crippen LogP contribution in [0.25, 0.3) is 41.2 Å². The summed E-state index contributed by atoms with van der Waals surface area (Å²) in [5, 5.41) is 6.55. The van der Waals surface area contributed by atoms with Gasteiger partial charge in [-0.25, -0.2) is 0 Å². The van der Waals surface area contributed by atoms with E-state index >= 15 is 0 Å². The number of aromatic amines is 4. The lowest BCUT2D eigenvalue weighted by molar-refractivity contribution is 1.23. The Kier molecular flexibility index (Phi) is 3.59. The average molecular weight is 388 g/mol. The van der Waals surface area contributed by atoms with Crippen molar-refractivity contribution in [3.05, 3.63) is 111 Å². The van der Waals surface area contributed by atoms with E-state index in [4.69, 9.17) is 0 Å². The second kappa shape index (κ2) is 6.42. The van der Waals surface area contributed by atoms with Crippen LogP contribution in [-0.2, 0) is 0 Å². The Hall–Kier alpha value is -4.18. The summed E-state index contributed by atoms with van der Waals surface area (Å²) in [6.45, 7) is 4.00. The van der Waals surface area contributed by atoms with Gasteiger partial charge in [0.2, 0.25) is 0 Å². The van der Waals surface area contributed by atoms with Gasteiger partial charge in [-0.3, -0.25) is 0 Å². The molecule has 0 saturated carbocycles. The molecular formula is C26H20N4. The highest BCUT2D eigenvalue weighted by atomic mass is 14.8. The normalized spacial score (nSPS) is 12.5. The van der Waals surface area contributed by atoms with E-state index in [9.17, 15) is 0 Å². The first-order valence-corrected chi connectivity index (χ1v) is 9.98. The van der Waals surface area contributed by atoms with Crippen LogP contribution in [0.4, 0.5) is 0 Å². The van der Waals surface area contributed by atoms with Gasteiger partial charge < -0.3 is 19.9 Å². The van der Waals surface area contributed by atoms with Crippen molar-refractivity contribution >= 4 is 41.2 Å². The molecule has 30 heavy (non-hydrogen) atoms. The van der Waals surface area contributed by atoms with Gasteiger partial charge >= 0.3 is 0 Å². The Morgan fingerprint density at radius 1 is 0.600 bits per heavy atom. The first-order chi connectivity index (χ1) is 14.7. The zero-order chi connectivity index (χ0) is 20.1. The van der Waals surface area contributed by atoms with Crippen LogP contribution in [0.1, 0.15) is 28.3 Å². The highest BCUT2D eigenvalue weighted by Crippen LogP contribution is 2.23. The van der Waals surface area contributed by atoms with Gasteiger partial charge in [0.1, 0.15) is 0 Å². The van der Waals surface area contributed by atoms with Crippen molar-refractivity contribution in [2.24, 2.45) is 0 Å². The van der Waals surface area contributed by atoms with Crippen LogP contribution < -0.4 is 21.4 Å². The minimum Gasteiger partial charge on any atom is -0.355 e. The third-order valence-corrected chi connectivity index (χ3v) is 5.57. The number of aromatic nitrogens is 4. The van der Waals surface area contributed by atoms with Crippen molar-refractivity contribution in [3.63, 3.8) is 0 Å². The van der Waals surface area contributed by atoms with E-state index in [2.05, 4.69) is 105 Å². The standard InChI is InChI=1S/C26H20N4/c1-2-16-11-21-13-19-8-7-17(27-19)12-18-9-10-20(28-18)14-25-22-5-3-4-6-23(22)26(30-25)15-24(16)29-21/h2-15,27-30H,1H2. The summed E-state index contributed by atoms with van der Waals surface area (Å²) in [6, 6.07) is 19.0. The lowest BCUT2D eigenvalue weighted by Gasteiger charge is -1.91. The topological polar surface area (TPSA) is 63.2 Å².